The maximum Gasteiger partial charge on any atom is 0.145 e. The number of aromatic nitrogens is 2. The minimum Gasteiger partial charge on any atom is -0.393 e. The molecule has 0 aliphatic heterocycles. The molecular weight excluding hydrogens is 230 g/mol. The molecule has 1 atom stereocenters. The van der Waals surface area contributed by atoms with Gasteiger partial charge < -0.3 is 15.8 Å². The van der Waals surface area contributed by atoms with E-state index in [1.54, 1.807) is 13.0 Å². The van der Waals surface area contributed by atoms with Gasteiger partial charge in [-0.2, -0.15) is 0 Å². The van der Waals surface area contributed by atoms with E-state index in [9.17, 15) is 0 Å². The third-order valence-corrected chi connectivity index (χ3v) is 2.51. The van der Waals surface area contributed by atoms with Crippen LogP contribution in [-0.2, 0) is 0 Å². The number of hydrazine groups is 1. The first-order valence-corrected chi connectivity index (χ1v) is 6.30. The molecule has 1 aromatic rings. The Bertz CT molecular complexity index is 367. The molecule has 5 N–H and O–H groups in total. The van der Waals surface area contributed by atoms with Crippen molar-refractivity contribution in [3.63, 3.8) is 0 Å². The van der Waals surface area contributed by atoms with E-state index in [0.717, 1.165) is 31.0 Å². The number of anilines is 2. The fraction of sp³-hybridized carbons (Fsp3) is 0.667. The Kier molecular flexibility index (Phi) is 5.80. The van der Waals surface area contributed by atoms with Crippen molar-refractivity contribution in [3.8, 4) is 0 Å². The third-order valence-electron chi connectivity index (χ3n) is 2.51. The molecule has 0 radical (unpaired) electrons. The van der Waals surface area contributed by atoms with E-state index in [0.29, 0.717) is 5.82 Å². The van der Waals surface area contributed by atoms with E-state index in [-0.39, 0.29) is 12.0 Å². The number of nitrogens with two attached hydrogens (primary N) is 1. The minimum absolute atomic E-state index is 0.247. The summed E-state index contributed by atoms with van der Waals surface area (Å²) in [5, 5.41) is 12.4. The number of nitrogens with one attached hydrogen (secondary N) is 2. The number of rotatable bonds is 7. The summed E-state index contributed by atoms with van der Waals surface area (Å²) in [5.41, 5.74) is 2.54. The average molecular weight is 253 g/mol. The summed E-state index contributed by atoms with van der Waals surface area (Å²) in [6, 6.07) is 1.77. The summed E-state index contributed by atoms with van der Waals surface area (Å²) < 4.78 is 0. The van der Waals surface area contributed by atoms with Crippen LogP contribution in [-0.4, -0.2) is 27.7 Å². The second kappa shape index (κ2) is 7.13. The summed E-state index contributed by atoms with van der Waals surface area (Å²) in [4.78, 5) is 8.70. The molecule has 0 aliphatic rings. The maximum atomic E-state index is 9.17. The molecule has 1 unspecified atom stereocenters. The fourth-order valence-electron chi connectivity index (χ4n) is 1.50. The highest BCUT2D eigenvalue weighted by Crippen LogP contribution is 2.16. The number of nitrogen functional groups attached to an aromatic ring is 1. The quantitative estimate of drug-likeness (QED) is 0.334. The standard InChI is InChI=1S/C12H23N5O/c1-8(2)12-15-10(7-11(16-12)17-13)14-6-4-5-9(3)18/h7-9,18H,4-6,13H2,1-3H3,(H2,14,15,16,17). The molecule has 0 saturated carbocycles. The largest absolute Gasteiger partial charge is 0.393 e. The van der Waals surface area contributed by atoms with Crippen LogP contribution >= 0.6 is 0 Å². The minimum atomic E-state index is -0.260. The zero-order valence-corrected chi connectivity index (χ0v) is 11.3. The molecule has 6 heteroatoms. The fourth-order valence-corrected chi connectivity index (χ4v) is 1.50. The second-order valence-electron chi connectivity index (χ2n) is 4.71. The SMILES string of the molecule is CC(O)CCCNc1cc(NN)nc(C(C)C)n1. The van der Waals surface area contributed by atoms with Crippen molar-refractivity contribution in [1.82, 2.24) is 9.97 Å². The van der Waals surface area contributed by atoms with Gasteiger partial charge in [0.05, 0.1) is 6.10 Å². The Morgan fingerprint density at radius 1 is 1.28 bits per heavy atom. The molecule has 6 nitrogen and oxygen atoms in total. The highest BCUT2D eigenvalue weighted by atomic mass is 16.3. The van der Waals surface area contributed by atoms with Crippen LogP contribution in [0.2, 0.25) is 0 Å². The third kappa shape index (κ3) is 4.85. The Balaban J connectivity index is 2.61. The molecule has 1 aromatic heterocycles. The van der Waals surface area contributed by atoms with Crippen molar-refractivity contribution in [2.45, 2.75) is 45.6 Å². The Morgan fingerprint density at radius 3 is 2.50 bits per heavy atom. The van der Waals surface area contributed by atoms with Crippen molar-refractivity contribution < 1.29 is 5.11 Å². The summed E-state index contributed by atoms with van der Waals surface area (Å²) in [6.07, 6.45) is 1.41. The van der Waals surface area contributed by atoms with Gasteiger partial charge in [-0.25, -0.2) is 15.8 Å². The smallest absolute Gasteiger partial charge is 0.145 e. The first-order chi connectivity index (χ1) is 8.52. The van der Waals surface area contributed by atoms with Gasteiger partial charge in [0.25, 0.3) is 0 Å². The molecule has 0 bridgehead atoms. The van der Waals surface area contributed by atoms with Crippen LogP contribution in [0.25, 0.3) is 0 Å². The summed E-state index contributed by atoms with van der Waals surface area (Å²) in [7, 11) is 0. The number of hydrogen-bond acceptors (Lipinski definition) is 6. The second-order valence-corrected chi connectivity index (χ2v) is 4.71. The number of nitrogens with zero attached hydrogens (tertiary/aromatic N) is 2. The Morgan fingerprint density at radius 2 is 1.94 bits per heavy atom. The topological polar surface area (TPSA) is 96.1 Å². The van der Waals surface area contributed by atoms with Gasteiger partial charge in [-0.15, -0.1) is 0 Å². The van der Waals surface area contributed by atoms with E-state index >= 15 is 0 Å². The molecule has 102 valence electrons. The zero-order valence-electron chi connectivity index (χ0n) is 11.3. The van der Waals surface area contributed by atoms with Crippen LogP contribution in [0.5, 0.6) is 0 Å². The van der Waals surface area contributed by atoms with Gasteiger partial charge in [0.15, 0.2) is 0 Å². The van der Waals surface area contributed by atoms with Crippen molar-refractivity contribution in [2.24, 2.45) is 5.84 Å². The molecular formula is C12H23N5O. The molecule has 0 aromatic carbocycles. The molecule has 0 spiro atoms. The van der Waals surface area contributed by atoms with E-state index in [1.165, 1.54) is 0 Å². The zero-order chi connectivity index (χ0) is 13.5. The van der Waals surface area contributed by atoms with Crippen LogP contribution in [0, 0.1) is 0 Å². The lowest BCUT2D eigenvalue weighted by atomic mass is 10.2. The lowest BCUT2D eigenvalue weighted by molar-refractivity contribution is 0.183. The van der Waals surface area contributed by atoms with Crippen LogP contribution in [0.1, 0.15) is 45.4 Å². The summed E-state index contributed by atoms with van der Waals surface area (Å²) >= 11 is 0. The summed E-state index contributed by atoms with van der Waals surface area (Å²) in [6.45, 7) is 6.63. The van der Waals surface area contributed by atoms with E-state index in [1.807, 2.05) is 13.8 Å². The molecule has 1 rings (SSSR count). The first-order valence-electron chi connectivity index (χ1n) is 6.30. The van der Waals surface area contributed by atoms with Gasteiger partial charge in [0.1, 0.15) is 17.5 Å². The first kappa shape index (κ1) is 14.7. The normalized spacial score (nSPS) is 12.6. The highest BCUT2D eigenvalue weighted by molar-refractivity contribution is 5.47. The predicted molar refractivity (Wildman–Crippen MR) is 73.3 cm³/mol. The average Bonchev–Trinajstić information content (AvgIpc) is 2.34. The van der Waals surface area contributed by atoms with Crippen LogP contribution in [0.3, 0.4) is 0 Å². The Labute approximate surface area is 108 Å². The number of aliphatic hydroxyl groups excluding tert-OH is 1. The highest BCUT2D eigenvalue weighted by Gasteiger charge is 2.07. The van der Waals surface area contributed by atoms with Crippen molar-refractivity contribution in [1.29, 1.82) is 0 Å². The van der Waals surface area contributed by atoms with Crippen LogP contribution in [0.4, 0.5) is 11.6 Å². The van der Waals surface area contributed by atoms with Gasteiger partial charge in [-0.3, -0.25) is 0 Å². The lowest BCUT2D eigenvalue weighted by Crippen LogP contribution is -2.13. The van der Waals surface area contributed by atoms with Gasteiger partial charge >= 0.3 is 0 Å². The van der Waals surface area contributed by atoms with Crippen LogP contribution < -0.4 is 16.6 Å². The molecule has 0 aliphatic carbocycles. The van der Waals surface area contributed by atoms with Crippen molar-refractivity contribution >= 4 is 11.6 Å². The van der Waals surface area contributed by atoms with Crippen LogP contribution in [0.15, 0.2) is 6.07 Å². The van der Waals surface area contributed by atoms with E-state index < -0.39 is 0 Å². The van der Waals surface area contributed by atoms with Gasteiger partial charge in [0.2, 0.25) is 0 Å². The van der Waals surface area contributed by atoms with Gasteiger partial charge in [0, 0.05) is 18.5 Å². The molecule has 18 heavy (non-hydrogen) atoms. The molecule has 0 saturated heterocycles. The monoisotopic (exact) mass is 253 g/mol. The summed E-state index contributed by atoms with van der Waals surface area (Å²) in [5.74, 6) is 7.74. The predicted octanol–water partition coefficient (Wildman–Crippen LogP) is 1.46. The molecule has 0 fully saturated rings. The molecule has 1 heterocycles. The maximum absolute atomic E-state index is 9.17. The van der Waals surface area contributed by atoms with Crippen molar-refractivity contribution in [3.05, 3.63) is 11.9 Å². The number of aliphatic hydroxyl groups is 1. The number of hydrogen-bond donors (Lipinski definition) is 4. The van der Waals surface area contributed by atoms with E-state index in [4.69, 9.17) is 10.9 Å². The van der Waals surface area contributed by atoms with Crippen molar-refractivity contribution in [2.75, 3.05) is 17.3 Å². The van der Waals surface area contributed by atoms with Gasteiger partial charge in [-0.1, -0.05) is 13.8 Å². The molecule has 0 amide bonds. The van der Waals surface area contributed by atoms with Gasteiger partial charge in [-0.05, 0) is 19.8 Å². The Hall–Kier alpha value is -1.40. The lowest BCUT2D eigenvalue weighted by Gasteiger charge is -2.11. The van der Waals surface area contributed by atoms with E-state index in [2.05, 4.69) is 20.7 Å².